The Morgan fingerprint density at radius 1 is 1.05 bits per heavy atom. The van der Waals surface area contributed by atoms with Gasteiger partial charge in [0, 0.05) is 10.0 Å². The summed E-state index contributed by atoms with van der Waals surface area (Å²) in [7, 11) is 0. The molecule has 0 aromatic heterocycles. The molecule has 0 unspecified atom stereocenters. The first-order chi connectivity index (χ1) is 9.15. The van der Waals surface area contributed by atoms with Crippen molar-refractivity contribution >= 4 is 21.7 Å². The molecule has 0 saturated heterocycles. The molecule has 0 aliphatic carbocycles. The Morgan fingerprint density at radius 3 is 2.32 bits per heavy atom. The number of rotatable bonds is 5. The summed E-state index contributed by atoms with van der Waals surface area (Å²) in [5.74, 6) is -0.510. The van der Waals surface area contributed by atoms with Gasteiger partial charge in [0.25, 0.3) is 0 Å². The maximum absolute atomic E-state index is 12.7. The van der Waals surface area contributed by atoms with Crippen molar-refractivity contribution in [3.8, 4) is 0 Å². The van der Waals surface area contributed by atoms with E-state index < -0.39 is 0 Å². The van der Waals surface area contributed by atoms with Gasteiger partial charge in [-0.3, -0.25) is 4.79 Å². The number of hydrogen-bond acceptors (Lipinski definition) is 2. The van der Waals surface area contributed by atoms with Crippen LogP contribution in [0.25, 0.3) is 0 Å². The number of Topliss-reactive ketones (excluding diaryl/α,β-unsaturated/α-hetero) is 1. The highest BCUT2D eigenvalue weighted by Crippen LogP contribution is 2.11. The van der Waals surface area contributed by atoms with Gasteiger partial charge in [-0.25, -0.2) is 4.39 Å². The fourth-order valence-electron chi connectivity index (χ4n) is 1.56. The summed E-state index contributed by atoms with van der Waals surface area (Å²) >= 11 is 3.35. The third-order valence-corrected chi connectivity index (χ3v) is 3.11. The lowest BCUT2D eigenvalue weighted by Gasteiger charge is -2.04. The molecule has 0 amide bonds. The third kappa shape index (κ3) is 4.26. The molecule has 2 rings (SSSR count). The van der Waals surface area contributed by atoms with E-state index in [1.165, 1.54) is 24.3 Å². The van der Waals surface area contributed by atoms with E-state index in [4.69, 9.17) is 4.74 Å². The van der Waals surface area contributed by atoms with Crippen LogP contribution in [0.3, 0.4) is 0 Å². The summed E-state index contributed by atoms with van der Waals surface area (Å²) in [4.78, 5) is 11.7. The maximum Gasteiger partial charge on any atom is 0.188 e. The summed E-state index contributed by atoms with van der Waals surface area (Å²) in [6, 6.07) is 13.1. The van der Waals surface area contributed by atoms with Crippen LogP contribution in [-0.4, -0.2) is 12.4 Å². The van der Waals surface area contributed by atoms with E-state index in [0.29, 0.717) is 12.2 Å². The Labute approximate surface area is 119 Å². The van der Waals surface area contributed by atoms with Crippen molar-refractivity contribution in [1.29, 1.82) is 0 Å². The molecule has 2 aromatic rings. The van der Waals surface area contributed by atoms with Crippen LogP contribution < -0.4 is 0 Å². The van der Waals surface area contributed by atoms with Crippen molar-refractivity contribution in [2.24, 2.45) is 0 Å². The number of ketones is 1. The first-order valence-electron chi connectivity index (χ1n) is 5.76. The van der Waals surface area contributed by atoms with E-state index in [1.54, 1.807) is 0 Å². The molecule has 0 atom stereocenters. The Morgan fingerprint density at radius 2 is 1.68 bits per heavy atom. The second kappa shape index (κ2) is 6.59. The molecule has 98 valence electrons. The normalized spacial score (nSPS) is 10.4. The van der Waals surface area contributed by atoms with Crippen molar-refractivity contribution in [2.45, 2.75) is 6.61 Å². The van der Waals surface area contributed by atoms with Gasteiger partial charge in [0.05, 0.1) is 6.61 Å². The molecular weight excluding hydrogens is 311 g/mol. The molecule has 0 aliphatic heterocycles. The highest BCUT2D eigenvalue weighted by atomic mass is 79.9. The zero-order valence-electron chi connectivity index (χ0n) is 10.1. The van der Waals surface area contributed by atoms with Gasteiger partial charge in [0.2, 0.25) is 0 Å². The summed E-state index contributed by atoms with van der Waals surface area (Å²) in [5, 5.41) is 0. The summed E-state index contributed by atoms with van der Waals surface area (Å²) in [5.41, 5.74) is 1.45. The van der Waals surface area contributed by atoms with Crippen LogP contribution in [0.1, 0.15) is 15.9 Å². The van der Waals surface area contributed by atoms with Crippen LogP contribution in [-0.2, 0) is 11.3 Å². The molecule has 0 N–H and O–H groups in total. The quantitative estimate of drug-likeness (QED) is 0.778. The van der Waals surface area contributed by atoms with Crippen LogP contribution in [0, 0.1) is 5.82 Å². The number of carbonyl (C=O) groups excluding carboxylic acids is 1. The van der Waals surface area contributed by atoms with Crippen LogP contribution in [0.15, 0.2) is 53.0 Å². The minimum atomic E-state index is -0.354. The average Bonchev–Trinajstić information content (AvgIpc) is 2.41. The molecule has 19 heavy (non-hydrogen) atoms. The predicted molar refractivity (Wildman–Crippen MR) is 74.5 cm³/mol. The number of hydrogen-bond donors (Lipinski definition) is 0. The van der Waals surface area contributed by atoms with Crippen LogP contribution in [0.4, 0.5) is 4.39 Å². The molecule has 0 radical (unpaired) electrons. The number of benzene rings is 2. The fourth-order valence-corrected chi connectivity index (χ4v) is 1.83. The highest BCUT2D eigenvalue weighted by molar-refractivity contribution is 9.10. The fraction of sp³-hybridized carbons (Fsp3) is 0.133. The second-order valence-corrected chi connectivity index (χ2v) is 4.97. The topological polar surface area (TPSA) is 26.3 Å². The minimum Gasteiger partial charge on any atom is -0.369 e. The number of carbonyl (C=O) groups is 1. The monoisotopic (exact) mass is 322 g/mol. The van der Waals surface area contributed by atoms with Gasteiger partial charge >= 0.3 is 0 Å². The molecule has 0 heterocycles. The van der Waals surface area contributed by atoms with Crippen molar-refractivity contribution in [1.82, 2.24) is 0 Å². The molecule has 4 heteroatoms. The van der Waals surface area contributed by atoms with Gasteiger partial charge < -0.3 is 4.74 Å². The van der Waals surface area contributed by atoms with E-state index in [9.17, 15) is 9.18 Å². The molecule has 0 fully saturated rings. The largest absolute Gasteiger partial charge is 0.369 e. The maximum atomic E-state index is 12.7. The Bertz CT molecular complexity index is 549. The lowest BCUT2D eigenvalue weighted by molar-refractivity contribution is 0.0726. The molecule has 0 saturated carbocycles. The lowest BCUT2D eigenvalue weighted by Crippen LogP contribution is -2.09. The molecule has 0 aliphatic rings. The van der Waals surface area contributed by atoms with E-state index in [0.717, 1.165) is 10.0 Å². The molecule has 0 spiro atoms. The third-order valence-electron chi connectivity index (χ3n) is 2.58. The molecule has 2 aromatic carbocycles. The lowest BCUT2D eigenvalue weighted by atomic mass is 10.1. The van der Waals surface area contributed by atoms with E-state index >= 15 is 0 Å². The number of ether oxygens (including phenoxy) is 1. The average molecular weight is 323 g/mol. The predicted octanol–water partition coefficient (Wildman–Crippen LogP) is 3.99. The van der Waals surface area contributed by atoms with Crippen molar-refractivity contribution < 1.29 is 13.9 Å². The SMILES string of the molecule is O=C(COCc1ccc(Br)cc1)c1ccc(F)cc1. The zero-order valence-corrected chi connectivity index (χ0v) is 11.7. The van der Waals surface area contributed by atoms with E-state index in [1.807, 2.05) is 24.3 Å². The van der Waals surface area contributed by atoms with Crippen molar-refractivity contribution in [3.05, 3.63) is 69.9 Å². The number of halogens is 2. The molecule has 0 bridgehead atoms. The van der Waals surface area contributed by atoms with Crippen LogP contribution >= 0.6 is 15.9 Å². The molecular formula is C15H12BrFO2. The van der Waals surface area contributed by atoms with E-state index in [2.05, 4.69) is 15.9 Å². The van der Waals surface area contributed by atoms with Gasteiger partial charge in [-0.2, -0.15) is 0 Å². The Hall–Kier alpha value is -1.52. The van der Waals surface area contributed by atoms with Crippen molar-refractivity contribution in [2.75, 3.05) is 6.61 Å². The first kappa shape index (κ1) is 13.9. The second-order valence-electron chi connectivity index (χ2n) is 4.05. The minimum absolute atomic E-state index is 0.0122. The Kier molecular flexibility index (Phi) is 4.82. The van der Waals surface area contributed by atoms with Gasteiger partial charge in [-0.05, 0) is 42.0 Å². The summed E-state index contributed by atoms with van der Waals surface area (Å²) in [6.45, 7) is 0.363. The van der Waals surface area contributed by atoms with Crippen molar-refractivity contribution in [3.63, 3.8) is 0 Å². The Balaban J connectivity index is 1.84. The van der Waals surface area contributed by atoms with Crippen LogP contribution in [0.5, 0.6) is 0 Å². The van der Waals surface area contributed by atoms with E-state index in [-0.39, 0.29) is 18.2 Å². The first-order valence-corrected chi connectivity index (χ1v) is 6.55. The zero-order chi connectivity index (χ0) is 13.7. The smallest absolute Gasteiger partial charge is 0.188 e. The van der Waals surface area contributed by atoms with Gasteiger partial charge in [-0.1, -0.05) is 28.1 Å². The summed E-state index contributed by atoms with van der Waals surface area (Å²) < 4.78 is 19.1. The molecule has 2 nitrogen and oxygen atoms in total. The highest BCUT2D eigenvalue weighted by Gasteiger charge is 2.06. The standard InChI is InChI=1S/C15H12BrFO2/c16-13-5-1-11(2-6-13)9-19-10-15(18)12-3-7-14(17)8-4-12/h1-8H,9-10H2. The summed E-state index contributed by atoms with van der Waals surface area (Å²) in [6.07, 6.45) is 0. The van der Waals surface area contributed by atoms with Gasteiger partial charge in [0.15, 0.2) is 5.78 Å². The van der Waals surface area contributed by atoms with Gasteiger partial charge in [0.1, 0.15) is 12.4 Å². The van der Waals surface area contributed by atoms with Crippen LogP contribution in [0.2, 0.25) is 0 Å². The van der Waals surface area contributed by atoms with Gasteiger partial charge in [-0.15, -0.1) is 0 Å².